The molecule has 0 aromatic rings. The molecule has 0 saturated heterocycles. The van der Waals surface area contributed by atoms with Crippen molar-refractivity contribution in [3.63, 3.8) is 0 Å². The minimum atomic E-state index is -0.361. The van der Waals surface area contributed by atoms with Gasteiger partial charge in [-0.25, -0.2) is 0 Å². The smallest absolute Gasteiger partial charge is 0.0752 e. The Bertz CT molecular complexity index is 3510. The summed E-state index contributed by atoms with van der Waals surface area (Å²) in [5.74, 6) is 34.0. The molecule has 0 aromatic carbocycles. The summed E-state index contributed by atoms with van der Waals surface area (Å²) in [5, 5.41) is 97.0. The molecule has 0 aromatic heterocycles. The van der Waals surface area contributed by atoms with Crippen LogP contribution in [0, 0.1) is 248 Å². The first-order chi connectivity index (χ1) is 61.3. The highest BCUT2D eigenvalue weighted by atomic mass is 16.3. The normalized spacial score (nSPS) is 56.5. The molecule has 37 saturated carbocycles. The fourth-order valence-electron chi connectivity index (χ4n) is 45.2. The molecule has 36 bridgehead atoms. The summed E-state index contributed by atoms with van der Waals surface area (Å²) in [6.07, 6.45) is 75.7. The summed E-state index contributed by atoms with van der Waals surface area (Å²) >= 11 is 0. The van der Waals surface area contributed by atoms with Crippen LogP contribution >= 0.6 is 0 Å². The van der Waals surface area contributed by atoms with Crippen LogP contribution in [0.25, 0.3) is 0 Å². The van der Waals surface area contributed by atoms with Crippen molar-refractivity contribution in [1.82, 2.24) is 0 Å². The number of hydrogen-bond donors (Lipinski definition) is 9. The Hall–Kier alpha value is -0.360. The highest BCUT2D eigenvalue weighted by Crippen LogP contribution is 2.73. The molecule has 0 amide bonds. The highest BCUT2D eigenvalue weighted by molar-refractivity contribution is 5.18. The van der Waals surface area contributed by atoms with Gasteiger partial charge in [0.2, 0.25) is 0 Å². The number of aliphatic hydroxyl groups is 9. The lowest BCUT2D eigenvalue weighted by Crippen LogP contribution is -2.63. The van der Waals surface area contributed by atoms with Crippen LogP contribution in [0.1, 0.15) is 449 Å². The molecule has 37 aliphatic rings. The monoisotopic (exact) mass is 1790 g/mol. The van der Waals surface area contributed by atoms with Crippen molar-refractivity contribution in [2.45, 2.75) is 499 Å². The molecule has 0 spiro atoms. The van der Waals surface area contributed by atoms with E-state index in [1.165, 1.54) is 308 Å². The van der Waals surface area contributed by atoms with Gasteiger partial charge in [-0.1, -0.05) is 108 Å². The van der Waals surface area contributed by atoms with Crippen molar-refractivity contribution in [2.75, 3.05) is 0 Å². The highest BCUT2D eigenvalue weighted by Gasteiger charge is 2.68. The molecule has 9 N–H and O–H groups in total. The topological polar surface area (TPSA) is 182 Å². The lowest BCUT2D eigenvalue weighted by Gasteiger charge is -2.63. The first-order valence-electron chi connectivity index (χ1n) is 58.8. The van der Waals surface area contributed by atoms with E-state index >= 15 is 0 Å². The van der Waals surface area contributed by atoms with Crippen LogP contribution in [-0.4, -0.2) is 96.4 Å². The fraction of sp³-hybridized carbons (Fsp3) is 1.00. The summed E-state index contributed by atoms with van der Waals surface area (Å²) in [6, 6.07) is 0. The van der Waals surface area contributed by atoms with E-state index in [1.807, 2.05) is 0 Å². The van der Waals surface area contributed by atoms with E-state index in [0.29, 0.717) is 112 Å². The van der Waals surface area contributed by atoms with E-state index in [1.54, 1.807) is 12.8 Å². The van der Waals surface area contributed by atoms with Gasteiger partial charge in [-0.05, 0) is 589 Å². The van der Waals surface area contributed by atoms with Crippen LogP contribution < -0.4 is 0 Å². The van der Waals surface area contributed by atoms with E-state index in [0.717, 1.165) is 175 Å². The van der Waals surface area contributed by atoms with Gasteiger partial charge in [-0.3, -0.25) is 0 Å². The van der Waals surface area contributed by atoms with Crippen LogP contribution in [0.3, 0.4) is 0 Å². The molecule has 7 unspecified atom stereocenters. The largest absolute Gasteiger partial charge is 0.390 e. The molecule has 0 heterocycles. The third-order valence-corrected chi connectivity index (χ3v) is 49.8. The molecule has 7 atom stereocenters. The zero-order valence-corrected chi connectivity index (χ0v) is 85.0. The summed E-state index contributed by atoms with van der Waals surface area (Å²) in [6.45, 7) is 26.4. The van der Waals surface area contributed by atoms with Gasteiger partial charge in [0.25, 0.3) is 0 Å². The molecule has 0 aliphatic heterocycles. The molecule has 734 valence electrons. The summed E-state index contributed by atoms with van der Waals surface area (Å²) in [4.78, 5) is 0. The SMILES string of the molecule is CC(C)(C)C1(O)C2CC3CC(C2)CC1C3.CC(C)C1(O)C2CC3CC(C2)CC1C3.CC(C)CC1(O)C2CC3CC(C2)CC1C3.CC1(O)C2CC3CC(C2)CC1C3.CC1(O)C2CC3CC(C2)CC1C3.CCC1(O)C2CC3CC(C2)CC1C3.CCCC1(O)C2CC3CC(C2)CC1C3.CCCCC1(O)C2CC3CC(C2)CC1C3.OC1(C2CC3CC2C2C4CCC(C4)C32)CCCCC1. The Kier molecular flexibility index (Phi) is 26.2. The second-order valence-electron chi connectivity index (χ2n) is 58.4. The average molecular weight is 1790 g/mol. The van der Waals surface area contributed by atoms with E-state index in [4.69, 9.17) is 0 Å². The molecule has 37 fully saturated rings. The van der Waals surface area contributed by atoms with Crippen molar-refractivity contribution in [1.29, 1.82) is 0 Å². The molecule has 37 rings (SSSR count). The van der Waals surface area contributed by atoms with Crippen LogP contribution in [-0.2, 0) is 0 Å². The van der Waals surface area contributed by atoms with E-state index in [2.05, 4.69) is 83.1 Å². The van der Waals surface area contributed by atoms with Crippen LogP contribution in [0.2, 0.25) is 0 Å². The molecule has 9 nitrogen and oxygen atoms in total. The average Bonchev–Trinajstić information content (AvgIpc) is 1.54. The summed E-state index contributed by atoms with van der Waals surface area (Å²) in [5.41, 5.74) is -2.46. The predicted molar refractivity (Wildman–Crippen MR) is 521 cm³/mol. The molecular formula is C120H200O9. The summed E-state index contributed by atoms with van der Waals surface area (Å²) < 4.78 is 0. The van der Waals surface area contributed by atoms with E-state index in [9.17, 15) is 46.0 Å². The minimum Gasteiger partial charge on any atom is -0.390 e. The molecule has 9 heteroatoms. The Labute approximate surface area is 788 Å². The molecule has 0 radical (unpaired) electrons. The van der Waals surface area contributed by atoms with Gasteiger partial charge < -0.3 is 46.0 Å². The second-order valence-corrected chi connectivity index (χ2v) is 58.4. The summed E-state index contributed by atoms with van der Waals surface area (Å²) in [7, 11) is 0. The number of hydrogen-bond acceptors (Lipinski definition) is 9. The number of unbranched alkanes of at least 4 members (excludes halogenated alkanes) is 1. The van der Waals surface area contributed by atoms with Crippen LogP contribution in [0.5, 0.6) is 0 Å². The maximum Gasteiger partial charge on any atom is 0.0752 e. The Balaban J connectivity index is 0.0000000883. The lowest BCUT2D eigenvalue weighted by molar-refractivity contribution is -0.223. The van der Waals surface area contributed by atoms with E-state index < -0.39 is 0 Å². The predicted octanol–water partition coefficient (Wildman–Crippen LogP) is 26.6. The van der Waals surface area contributed by atoms with Crippen molar-refractivity contribution >= 4 is 0 Å². The van der Waals surface area contributed by atoms with Gasteiger partial charge in [0.1, 0.15) is 0 Å². The van der Waals surface area contributed by atoms with Crippen LogP contribution in [0.4, 0.5) is 0 Å². The zero-order chi connectivity index (χ0) is 90.0. The standard InChI is InChI=1S/C18H28O.3C14H24O.2C13H22O.C12H20O.2C11H18O/c19-18(6-2-1-3-7-18)15-10-13-9-14(15)17-12-5-4-11(8-12)16(13)17;1-13(2,3)14(15)11-5-9-4-10(7-11)8-12(14)6-9;1-9(2)8-14(15)12-4-10-3-11(6-12)7-13(14)5-10;1-2-3-4-14(15)12-6-10-5-11(8-12)9-13(14)7-10;1-8(2)13(14)11-4-9-3-10(6-11)7-12(13)5-9;1-2-3-13(14)11-5-9-4-10(7-11)8-12(13)6-9;1-2-12(13)10-4-8-3-9(6-10)7-11(12)5-8;2*1-11(12)9-3-7-2-8(5-9)6-10(11)4-7/h11-17,19H,1-10H2;9-12,15H,4-8H2,1-3H3;9-13,15H,3-8H2,1-2H3;10-13,15H,2-9H2,1H3;8-12,14H,3-7H2,1-2H3;9-12,14H,2-8H2,1H3;8-11,13H,2-7H2,1H3;2*7-10,12H,2-6H2,1H3. The van der Waals surface area contributed by atoms with Gasteiger partial charge in [0, 0.05) is 0 Å². The molecule has 37 aliphatic carbocycles. The first-order valence-corrected chi connectivity index (χ1v) is 58.8. The lowest BCUT2D eigenvalue weighted by atomic mass is 9.45. The van der Waals surface area contributed by atoms with Gasteiger partial charge in [0.15, 0.2) is 0 Å². The number of fused-ring (bicyclic) bond motifs is 9. The third-order valence-electron chi connectivity index (χ3n) is 49.8. The zero-order valence-electron chi connectivity index (χ0n) is 85.0. The minimum absolute atomic E-state index is 0.0651. The van der Waals surface area contributed by atoms with Crippen molar-refractivity contribution in [2.24, 2.45) is 248 Å². The van der Waals surface area contributed by atoms with Gasteiger partial charge in [-0.15, -0.1) is 0 Å². The maximum atomic E-state index is 11.2. The van der Waals surface area contributed by atoms with Gasteiger partial charge in [-0.2, -0.15) is 0 Å². The van der Waals surface area contributed by atoms with Gasteiger partial charge in [0.05, 0.1) is 50.4 Å². The third kappa shape index (κ3) is 17.0. The Morgan fingerprint density at radius 1 is 0.279 bits per heavy atom. The molecule has 129 heavy (non-hydrogen) atoms. The fourth-order valence-corrected chi connectivity index (χ4v) is 45.2. The van der Waals surface area contributed by atoms with Crippen molar-refractivity contribution < 1.29 is 46.0 Å². The van der Waals surface area contributed by atoms with Crippen LogP contribution in [0.15, 0.2) is 0 Å². The number of rotatable bonds is 10. The Morgan fingerprint density at radius 2 is 0.566 bits per heavy atom. The Morgan fingerprint density at radius 3 is 0.860 bits per heavy atom. The second kappa shape index (κ2) is 35.6. The van der Waals surface area contributed by atoms with E-state index in [-0.39, 0.29) is 55.8 Å². The van der Waals surface area contributed by atoms with Crippen molar-refractivity contribution in [3.05, 3.63) is 0 Å². The molecular weight excluding hydrogens is 1590 g/mol. The van der Waals surface area contributed by atoms with Gasteiger partial charge >= 0.3 is 0 Å². The van der Waals surface area contributed by atoms with Crippen molar-refractivity contribution in [3.8, 4) is 0 Å². The first kappa shape index (κ1) is 94.9. The quantitative estimate of drug-likeness (QED) is 0.0962. The maximum absolute atomic E-state index is 11.2.